The van der Waals surface area contributed by atoms with Gasteiger partial charge in [0, 0.05) is 45.6 Å². The van der Waals surface area contributed by atoms with Gasteiger partial charge in [-0.15, -0.1) is 0 Å². The Labute approximate surface area is 146 Å². The summed E-state index contributed by atoms with van der Waals surface area (Å²) in [5.74, 6) is 0.923. The molecule has 0 radical (unpaired) electrons. The van der Waals surface area contributed by atoms with Gasteiger partial charge in [-0.3, -0.25) is 9.80 Å². The maximum atomic E-state index is 11.6. The van der Waals surface area contributed by atoms with Crippen LogP contribution in [0.15, 0.2) is 36.7 Å². The largest absolute Gasteiger partial charge is 0.365 e. The molecule has 0 aromatic carbocycles. The first kappa shape index (κ1) is 16.7. The Balaban J connectivity index is 1.68. The van der Waals surface area contributed by atoms with E-state index < -0.39 is 5.91 Å². The van der Waals surface area contributed by atoms with E-state index in [1.807, 2.05) is 18.1 Å². The molecule has 0 unspecified atom stereocenters. The van der Waals surface area contributed by atoms with Crippen LogP contribution in [0.4, 0.5) is 11.6 Å². The van der Waals surface area contributed by atoms with Crippen molar-refractivity contribution in [2.24, 2.45) is 5.73 Å². The van der Waals surface area contributed by atoms with Gasteiger partial charge in [0.25, 0.3) is 5.91 Å². The quantitative estimate of drug-likeness (QED) is 0.872. The number of rotatable bonds is 4. The number of hydrogen-bond donors (Lipinski definition) is 1. The Hall–Kier alpha value is -3.18. The highest BCUT2D eigenvalue weighted by Crippen LogP contribution is 2.20. The number of anilines is 2. The first-order valence-corrected chi connectivity index (χ1v) is 7.94. The van der Waals surface area contributed by atoms with Crippen molar-refractivity contribution in [1.82, 2.24) is 15.0 Å². The molecule has 1 saturated heterocycles. The first-order chi connectivity index (χ1) is 12.1. The molecule has 3 rings (SSSR count). The second-order valence-corrected chi connectivity index (χ2v) is 5.72. The minimum absolute atomic E-state index is 0.404. The molecule has 8 nitrogen and oxygen atoms in total. The van der Waals surface area contributed by atoms with Gasteiger partial charge in [-0.2, -0.15) is 5.26 Å². The zero-order chi connectivity index (χ0) is 17.8. The fourth-order valence-corrected chi connectivity index (χ4v) is 2.85. The predicted molar refractivity (Wildman–Crippen MR) is 93.9 cm³/mol. The zero-order valence-corrected chi connectivity index (χ0v) is 14.0. The summed E-state index contributed by atoms with van der Waals surface area (Å²) in [5.41, 5.74) is 6.40. The molecule has 1 amide bonds. The molecule has 0 saturated carbocycles. The number of hydrazine groups is 1. The number of amides is 1. The summed E-state index contributed by atoms with van der Waals surface area (Å²) in [6.07, 6.45) is 3.23. The number of piperazine rings is 1. The fraction of sp³-hybridized carbons (Fsp3) is 0.294. The van der Waals surface area contributed by atoms with Crippen molar-refractivity contribution in [2.75, 3.05) is 43.1 Å². The normalized spacial score (nSPS) is 14.8. The van der Waals surface area contributed by atoms with Crippen LogP contribution in [0.5, 0.6) is 0 Å². The lowest BCUT2D eigenvalue weighted by atomic mass is 10.2. The molecule has 3 heterocycles. The Morgan fingerprint density at radius 2 is 2.00 bits per heavy atom. The standard InChI is InChI=1S/C17H19N7O/c1-22(17-14(16(19)25)3-2-6-20-17)24-9-7-23(8-10-24)15-5-4-13(11-18)12-21-15/h2-6,12H,7-10H2,1H3,(H2,19,25). The molecule has 0 spiro atoms. The minimum Gasteiger partial charge on any atom is -0.365 e. The molecule has 8 heteroatoms. The molecule has 1 aliphatic rings. The zero-order valence-electron chi connectivity index (χ0n) is 14.0. The summed E-state index contributed by atoms with van der Waals surface area (Å²) >= 11 is 0. The second kappa shape index (κ2) is 7.15. The number of primary amides is 1. The summed E-state index contributed by atoms with van der Waals surface area (Å²) in [7, 11) is 1.88. The van der Waals surface area contributed by atoms with Crippen molar-refractivity contribution in [2.45, 2.75) is 0 Å². The van der Waals surface area contributed by atoms with Crippen molar-refractivity contribution in [3.63, 3.8) is 0 Å². The van der Waals surface area contributed by atoms with E-state index in [1.165, 1.54) is 0 Å². The number of nitriles is 1. The number of nitrogens with two attached hydrogens (primary N) is 1. The summed E-state index contributed by atoms with van der Waals surface area (Å²) in [6, 6.07) is 9.08. The number of carbonyl (C=O) groups is 1. The van der Waals surface area contributed by atoms with Crippen LogP contribution in [-0.4, -0.2) is 54.1 Å². The van der Waals surface area contributed by atoms with Crippen LogP contribution < -0.4 is 15.6 Å². The van der Waals surface area contributed by atoms with Gasteiger partial charge in [0.1, 0.15) is 11.9 Å². The van der Waals surface area contributed by atoms with Crippen LogP contribution in [-0.2, 0) is 0 Å². The van der Waals surface area contributed by atoms with E-state index >= 15 is 0 Å². The lowest BCUT2D eigenvalue weighted by Gasteiger charge is -2.40. The molecular formula is C17H19N7O. The van der Waals surface area contributed by atoms with Crippen LogP contribution in [0.1, 0.15) is 15.9 Å². The lowest BCUT2D eigenvalue weighted by Crippen LogP contribution is -2.53. The SMILES string of the molecule is CN(c1ncccc1C(N)=O)N1CCN(c2ccc(C#N)cn2)CC1. The number of aromatic nitrogens is 2. The molecular weight excluding hydrogens is 318 g/mol. The molecule has 0 aliphatic carbocycles. The van der Waals surface area contributed by atoms with E-state index in [4.69, 9.17) is 11.0 Å². The summed E-state index contributed by atoms with van der Waals surface area (Å²) in [6.45, 7) is 3.07. The third-order valence-electron chi connectivity index (χ3n) is 4.24. The predicted octanol–water partition coefficient (Wildman–Crippen LogP) is 0.621. The van der Waals surface area contributed by atoms with Crippen LogP contribution >= 0.6 is 0 Å². The van der Waals surface area contributed by atoms with Gasteiger partial charge in [0.05, 0.1) is 11.1 Å². The van der Waals surface area contributed by atoms with E-state index in [-0.39, 0.29) is 0 Å². The first-order valence-electron chi connectivity index (χ1n) is 7.94. The van der Waals surface area contributed by atoms with Crippen molar-refractivity contribution >= 4 is 17.5 Å². The summed E-state index contributed by atoms with van der Waals surface area (Å²) < 4.78 is 0. The maximum absolute atomic E-state index is 11.6. The van der Waals surface area contributed by atoms with Crippen LogP contribution in [0, 0.1) is 11.3 Å². The molecule has 1 fully saturated rings. The van der Waals surface area contributed by atoms with Gasteiger partial charge in [-0.05, 0) is 24.3 Å². The van der Waals surface area contributed by atoms with Crippen molar-refractivity contribution in [3.8, 4) is 6.07 Å². The Morgan fingerprint density at radius 1 is 1.24 bits per heavy atom. The lowest BCUT2D eigenvalue weighted by molar-refractivity contribution is 0.0999. The molecule has 2 aromatic rings. The minimum atomic E-state index is -0.490. The van der Waals surface area contributed by atoms with E-state index in [0.717, 1.165) is 32.0 Å². The van der Waals surface area contributed by atoms with E-state index in [2.05, 4.69) is 25.9 Å². The van der Waals surface area contributed by atoms with Crippen LogP contribution in [0.25, 0.3) is 0 Å². The Morgan fingerprint density at radius 3 is 2.60 bits per heavy atom. The van der Waals surface area contributed by atoms with Crippen LogP contribution in [0.2, 0.25) is 0 Å². The Kier molecular flexibility index (Phi) is 4.77. The highest BCUT2D eigenvalue weighted by molar-refractivity contribution is 5.97. The van der Waals surface area contributed by atoms with Gasteiger partial charge < -0.3 is 10.6 Å². The van der Waals surface area contributed by atoms with Crippen LogP contribution in [0.3, 0.4) is 0 Å². The highest BCUT2D eigenvalue weighted by atomic mass is 16.1. The van der Waals surface area contributed by atoms with Gasteiger partial charge in [0.2, 0.25) is 0 Å². The number of carbonyl (C=O) groups excluding carboxylic acids is 1. The van der Waals surface area contributed by atoms with Crippen molar-refractivity contribution < 1.29 is 4.79 Å². The second-order valence-electron chi connectivity index (χ2n) is 5.72. The van der Waals surface area contributed by atoms with Crippen molar-refractivity contribution in [1.29, 1.82) is 5.26 Å². The smallest absolute Gasteiger partial charge is 0.252 e. The molecule has 2 aromatic heterocycles. The number of nitrogens with zero attached hydrogens (tertiary/aromatic N) is 6. The highest BCUT2D eigenvalue weighted by Gasteiger charge is 2.23. The third-order valence-corrected chi connectivity index (χ3v) is 4.24. The molecule has 128 valence electrons. The molecule has 25 heavy (non-hydrogen) atoms. The fourth-order valence-electron chi connectivity index (χ4n) is 2.85. The molecule has 1 aliphatic heterocycles. The Bertz CT molecular complexity index is 791. The van der Waals surface area contributed by atoms with Gasteiger partial charge >= 0.3 is 0 Å². The maximum Gasteiger partial charge on any atom is 0.252 e. The number of hydrogen-bond acceptors (Lipinski definition) is 7. The summed E-state index contributed by atoms with van der Waals surface area (Å²) in [4.78, 5) is 22.4. The van der Waals surface area contributed by atoms with E-state index in [9.17, 15) is 4.79 Å². The topological polar surface area (TPSA) is 102 Å². The number of pyridine rings is 2. The van der Waals surface area contributed by atoms with Gasteiger partial charge in [0.15, 0.2) is 5.82 Å². The average Bonchev–Trinajstić information content (AvgIpc) is 2.67. The van der Waals surface area contributed by atoms with Gasteiger partial charge in [-0.1, -0.05) is 0 Å². The monoisotopic (exact) mass is 337 g/mol. The van der Waals surface area contributed by atoms with Crippen molar-refractivity contribution in [3.05, 3.63) is 47.8 Å². The summed E-state index contributed by atoms with van der Waals surface area (Å²) in [5, 5.41) is 12.8. The van der Waals surface area contributed by atoms with E-state index in [1.54, 1.807) is 30.6 Å². The van der Waals surface area contributed by atoms with E-state index in [0.29, 0.717) is 16.9 Å². The molecule has 2 N–H and O–H groups in total. The average molecular weight is 337 g/mol. The van der Waals surface area contributed by atoms with Gasteiger partial charge in [-0.25, -0.2) is 15.0 Å². The molecule has 0 atom stereocenters. The third kappa shape index (κ3) is 3.51. The molecule has 0 bridgehead atoms.